The minimum absolute atomic E-state index is 0.0466. The SMILES string of the molecule is NCc1cn(CC(=O)NC2CCOC2C2CC2)nn1. The molecule has 1 aromatic rings. The number of amides is 1. The van der Waals surface area contributed by atoms with E-state index in [1.54, 1.807) is 6.20 Å². The largest absolute Gasteiger partial charge is 0.376 e. The molecule has 2 heterocycles. The lowest BCUT2D eigenvalue weighted by atomic mass is 10.1. The molecule has 2 aliphatic rings. The van der Waals surface area contributed by atoms with Gasteiger partial charge >= 0.3 is 0 Å². The van der Waals surface area contributed by atoms with Crippen LogP contribution >= 0.6 is 0 Å². The van der Waals surface area contributed by atoms with Crippen LogP contribution in [0, 0.1) is 5.92 Å². The van der Waals surface area contributed by atoms with Gasteiger partial charge in [-0.1, -0.05) is 5.21 Å². The number of hydrogen-bond donors (Lipinski definition) is 2. The van der Waals surface area contributed by atoms with Crippen molar-refractivity contribution in [2.45, 2.75) is 44.5 Å². The normalized spacial score (nSPS) is 26.6. The minimum Gasteiger partial charge on any atom is -0.376 e. The van der Waals surface area contributed by atoms with Gasteiger partial charge in [0.2, 0.25) is 5.91 Å². The molecule has 1 aliphatic heterocycles. The lowest BCUT2D eigenvalue weighted by Crippen LogP contribution is -2.42. The fraction of sp³-hybridized carbons (Fsp3) is 0.750. The molecule has 7 nitrogen and oxygen atoms in total. The van der Waals surface area contributed by atoms with E-state index in [-0.39, 0.29) is 24.6 Å². The quantitative estimate of drug-likeness (QED) is 0.742. The van der Waals surface area contributed by atoms with E-state index in [0.29, 0.717) is 18.2 Å². The van der Waals surface area contributed by atoms with Gasteiger partial charge in [0.05, 0.1) is 24.0 Å². The highest BCUT2D eigenvalue weighted by atomic mass is 16.5. The minimum atomic E-state index is -0.0466. The molecule has 104 valence electrons. The summed E-state index contributed by atoms with van der Waals surface area (Å²) in [6.45, 7) is 1.26. The molecule has 0 radical (unpaired) electrons. The molecule has 2 fully saturated rings. The Hall–Kier alpha value is -1.47. The highest BCUT2D eigenvalue weighted by Gasteiger charge is 2.41. The van der Waals surface area contributed by atoms with Crippen LogP contribution in [0.5, 0.6) is 0 Å². The maximum Gasteiger partial charge on any atom is 0.242 e. The van der Waals surface area contributed by atoms with Crippen LogP contribution in [-0.2, 0) is 22.6 Å². The van der Waals surface area contributed by atoms with Gasteiger partial charge in [-0.2, -0.15) is 0 Å². The van der Waals surface area contributed by atoms with Crippen molar-refractivity contribution in [2.24, 2.45) is 11.7 Å². The molecule has 0 spiro atoms. The maximum absolute atomic E-state index is 12.0. The molecule has 2 atom stereocenters. The standard InChI is InChI=1S/C12H19N5O2/c13-5-9-6-17(16-15-9)7-11(18)14-10-3-4-19-12(10)8-1-2-8/h6,8,10,12H,1-5,7,13H2,(H,14,18). The van der Waals surface area contributed by atoms with Gasteiger partial charge in [-0.05, 0) is 25.2 Å². The molecule has 2 unspecified atom stereocenters. The summed E-state index contributed by atoms with van der Waals surface area (Å²) in [5.41, 5.74) is 6.14. The van der Waals surface area contributed by atoms with Crippen molar-refractivity contribution in [2.75, 3.05) is 6.61 Å². The lowest BCUT2D eigenvalue weighted by molar-refractivity contribution is -0.123. The zero-order valence-corrected chi connectivity index (χ0v) is 10.8. The van der Waals surface area contributed by atoms with Crippen molar-refractivity contribution < 1.29 is 9.53 Å². The Morgan fingerprint density at radius 1 is 1.53 bits per heavy atom. The fourth-order valence-corrected chi connectivity index (χ4v) is 2.56. The number of hydrogen-bond acceptors (Lipinski definition) is 5. The molecule has 19 heavy (non-hydrogen) atoms. The summed E-state index contributed by atoms with van der Waals surface area (Å²) < 4.78 is 7.21. The fourth-order valence-electron chi connectivity index (χ4n) is 2.56. The van der Waals surface area contributed by atoms with E-state index in [4.69, 9.17) is 10.5 Å². The number of rotatable bonds is 5. The van der Waals surface area contributed by atoms with Crippen LogP contribution in [-0.4, -0.2) is 39.7 Å². The first-order valence-electron chi connectivity index (χ1n) is 6.76. The highest BCUT2D eigenvalue weighted by Crippen LogP contribution is 2.38. The van der Waals surface area contributed by atoms with Crippen LogP contribution < -0.4 is 11.1 Å². The average Bonchev–Trinajstić information content (AvgIpc) is 2.97. The molecular weight excluding hydrogens is 246 g/mol. The Kier molecular flexibility index (Phi) is 3.48. The van der Waals surface area contributed by atoms with Crippen LogP contribution in [0.3, 0.4) is 0 Å². The van der Waals surface area contributed by atoms with Gasteiger partial charge in [-0.25, -0.2) is 4.68 Å². The molecule has 1 aliphatic carbocycles. The van der Waals surface area contributed by atoms with Crippen molar-refractivity contribution in [1.82, 2.24) is 20.3 Å². The van der Waals surface area contributed by atoms with Gasteiger partial charge in [0.15, 0.2) is 0 Å². The Bertz CT molecular complexity index is 457. The smallest absolute Gasteiger partial charge is 0.242 e. The second-order valence-corrected chi connectivity index (χ2v) is 5.25. The van der Waals surface area contributed by atoms with E-state index in [1.165, 1.54) is 17.5 Å². The number of carbonyl (C=O) groups excluding carboxylic acids is 1. The van der Waals surface area contributed by atoms with Crippen molar-refractivity contribution in [1.29, 1.82) is 0 Å². The summed E-state index contributed by atoms with van der Waals surface area (Å²) in [4.78, 5) is 12.0. The summed E-state index contributed by atoms with van der Waals surface area (Å²) in [5.74, 6) is 0.595. The molecule has 3 rings (SSSR count). The summed E-state index contributed by atoms with van der Waals surface area (Å²) in [7, 11) is 0. The number of nitrogens with two attached hydrogens (primary N) is 1. The van der Waals surface area contributed by atoms with Crippen LogP contribution in [0.2, 0.25) is 0 Å². The van der Waals surface area contributed by atoms with Gasteiger partial charge < -0.3 is 15.8 Å². The number of nitrogens with zero attached hydrogens (tertiary/aromatic N) is 3. The topological polar surface area (TPSA) is 95.1 Å². The van der Waals surface area contributed by atoms with Gasteiger partial charge in [0.25, 0.3) is 0 Å². The van der Waals surface area contributed by atoms with E-state index in [9.17, 15) is 4.79 Å². The molecule has 1 saturated carbocycles. The third-order valence-corrected chi connectivity index (χ3v) is 3.67. The molecule has 0 bridgehead atoms. The Labute approximate surface area is 111 Å². The third kappa shape index (κ3) is 2.93. The van der Waals surface area contributed by atoms with Crippen molar-refractivity contribution >= 4 is 5.91 Å². The summed E-state index contributed by atoms with van der Waals surface area (Å²) in [5, 5.41) is 10.8. The summed E-state index contributed by atoms with van der Waals surface area (Å²) in [6, 6.07) is 0.150. The second-order valence-electron chi connectivity index (χ2n) is 5.25. The number of aromatic nitrogens is 3. The molecule has 1 amide bonds. The zero-order valence-electron chi connectivity index (χ0n) is 10.8. The van der Waals surface area contributed by atoms with E-state index < -0.39 is 0 Å². The number of ether oxygens (including phenoxy) is 1. The summed E-state index contributed by atoms with van der Waals surface area (Å²) >= 11 is 0. The van der Waals surface area contributed by atoms with Crippen molar-refractivity contribution in [3.05, 3.63) is 11.9 Å². The molecule has 0 aromatic carbocycles. The van der Waals surface area contributed by atoms with Crippen LogP contribution in [0.4, 0.5) is 0 Å². The first-order chi connectivity index (χ1) is 9.26. The predicted molar refractivity (Wildman–Crippen MR) is 66.9 cm³/mol. The van der Waals surface area contributed by atoms with E-state index in [2.05, 4.69) is 15.6 Å². The Morgan fingerprint density at radius 2 is 2.37 bits per heavy atom. The van der Waals surface area contributed by atoms with Crippen molar-refractivity contribution in [3.8, 4) is 0 Å². The maximum atomic E-state index is 12.0. The monoisotopic (exact) mass is 265 g/mol. The van der Waals surface area contributed by atoms with Gasteiger partial charge in [0.1, 0.15) is 6.54 Å². The Balaban J connectivity index is 1.52. The van der Waals surface area contributed by atoms with Crippen LogP contribution in [0.15, 0.2) is 6.20 Å². The first-order valence-corrected chi connectivity index (χ1v) is 6.76. The van der Waals surface area contributed by atoms with Gasteiger partial charge in [0, 0.05) is 13.2 Å². The predicted octanol–water partition coefficient (Wildman–Crippen LogP) is -0.580. The molecule has 7 heteroatoms. The molecule has 1 saturated heterocycles. The lowest BCUT2D eigenvalue weighted by Gasteiger charge is -2.19. The number of nitrogens with one attached hydrogen (secondary N) is 1. The average molecular weight is 265 g/mol. The van der Waals surface area contributed by atoms with Crippen LogP contribution in [0.25, 0.3) is 0 Å². The second kappa shape index (κ2) is 5.26. The highest BCUT2D eigenvalue weighted by molar-refractivity contribution is 5.76. The first kappa shape index (κ1) is 12.6. The van der Waals surface area contributed by atoms with Crippen molar-refractivity contribution in [3.63, 3.8) is 0 Å². The van der Waals surface area contributed by atoms with E-state index in [1.807, 2.05) is 0 Å². The van der Waals surface area contributed by atoms with Crippen LogP contribution in [0.1, 0.15) is 25.0 Å². The van der Waals surface area contributed by atoms with Gasteiger partial charge in [-0.15, -0.1) is 5.10 Å². The van der Waals surface area contributed by atoms with Gasteiger partial charge in [-0.3, -0.25) is 4.79 Å². The molecule has 3 N–H and O–H groups in total. The Morgan fingerprint density at radius 3 is 3.05 bits per heavy atom. The zero-order chi connectivity index (χ0) is 13.2. The summed E-state index contributed by atoms with van der Waals surface area (Å²) in [6.07, 6.45) is 5.25. The third-order valence-electron chi connectivity index (χ3n) is 3.67. The van der Waals surface area contributed by atoms with E-state index >= 15 is 0 Å². The van der Waals surface area contributed by atoms with E-state index in [0.717, 1.165) is 13.0 Å². The number of carbonyl (C=O) groups is 1. The molecule has 1 aromatic heterocycles. The molecular formula is C12H19N5O2.